The van der Waals surface area contributed by atoms with E-state index in [0.29, 0.717) is 12.0 Å². The second kappa shape index (κ2) is 7.56. The van der Waals surface area contributed by atoms with Crippen molar-refractivity contribution >= 4 is 15.9 Å². The minimum Gasteiger partial charge on any atom is -0.314 e. The van der Waals surface area contributed by atoms with Crippen LogP contribution in [-0.4, -0.2) is 12.6 Å². The van der Waals surface area contributed by atoms with Crippen molar-refractivity contribution < 1.29 is 4.39 Å². The number of hydrogen-bond donors (Lipinski definition) is 1. The summed E-state index contributed by atoms with van der Waals surface area (Å²) >= 11 is 3.32. The van der Waals surface area contributed by atoms with Gasteiger partial charge in [0.1, 0.15) is 5.82 Å². The highest BCUT2D eigenvalue weighted by atomic mass is 79.9. The van der Waals surface area contributed by atoms with Gasteiger partial charge < -0.3 is 5.32 Å². The second-order valence-electron chi connectivity index (χ2n) is 6.14. The highest BCUT2D eigenvalue weighted by Crippen LogP contribution is 2.32. The topological polar surface area (TPSA) is 12.0 Å². The van der Waals surface area contributed by atoms with Crippen LogP contribution in [0.5, 0.6) is 0 Å². The number of hydrogen-bond acceptors (Lipinski definition) is 1. The first-order valence-corrected chi connectivity index (χ1v) is 8.56. The number of halogens is 2. The van der Waals surface area contributed by atoms with Crippen molar-refractivity contribution in [2.24, 2.45) is 11.8 Å². The number of likely N-dealkylation sites (N-methyl/N-ethyl adjacent to an activating group) is 1. The van der Waals surface area contributed by atoms with Crippen LogP contribution in [0.2, 0.25) is 0 Å². The Balaban J connectivity index is 2.08. The predicted octanol–water partition coefficient (Wildman–Crippen LogP) is 4.94. The maximum atomic E-state index is 14.0. The van der Waals surface area contributed by atoms with E-state index in [0.717, 1.165) is 28.9 Å². The Hall–Kier alpha value is -0.410. The normalized spacial score (nSPS) is 24.6. The molecule has 112 valence electrons. The van der Waals surface area contributed by atoms with Crippen LogP contribution in [0.15, 0.2) is 22.7 Å². The third-order valence-electron chi connectivity index (χ3n) is 4.47. The summed E-state index contributed by atoms with van der Waals surface area (Å²) in [5.41, 5.74) is 0.831. The summed E-state index contributed by atoms with van der Waals surface area (Å²) < 4.78 is 14.8. The van der Waals surface area contributed by atoms with E-state index in [1.807, 2.05) is 12.1 Å². The molecule has 0 aliphatic heterocycles. The predicted molar refractivity (Wildman–Crippen MR) is 86.4 cm³/mol. The van der Waals surface area contributed by atoms with Gasteiger partial charge in [-0.1, -0.05) is 48.7 Å². The molecule has 1 aliphatic carbocycles. The van der Waals surface area contributed by atoms with Crippen molar-refractivity contribution in [3.05, 3.63) is 34.1 Å². The molecule has 1 saturated carbocycles. The molecule has 1 fully saturated rings. The summed E-state index contributed by atoms with van der Waals surface area (Å²) in [6.45, 7) is 5.43. The standard InChI is InChI=1S/C17H25BrFN/c1-3-20-17(14-6-4-5-12(2)9-14)10-13-7-8-15(18)11-16(13)19/h7-8,11-12,14,17,20H,3-6,9-10H2,1-2H3. The Labute approximate surface area is 130 Å². The zero-order valence-electron chi connectivity index (χ0n) is 12.5. The number of benzene rings is 1. The van der Waals surface area contributed by atoms with E-state index in [-0.39, 0.29) is 5.82 Å². The molecule has 0 spiro atoms. The zero-order valence-corrected chi connectivity index (χ0v) is 14.0. The molecule has 0 heterocycles. The molecule has 2 rings (SSSR count). The molecule has 0 saturated heterocycles. The fourth-order valence-electron chi connectivity index (χ4n) is 3.44. The molecule has 1 N–H and O–H groups in total. The lowest BCUT2D eigenvalue weighted by molar-refractivity contribution is 0.222. The van der Waals surface area contributed by atoms with Crippen LogP contribution >= 0.6 is 15.9 Å². The van der Waals surface area contributed by atoms with E-state index in [1.54, 1.807) is 6.07 Å². The molecular weight excluding hydrogens is 317 g/mol. The van der Waals surface area contributed by atoms with Gasteiger partial charge in [-0.15, -0.1) is 0 Å². The average Bonchev–Trinajstić information content (AvgIpc) is 2.41. The van der Waals surface area contributed by atoms with E-state index >= 15 is 0 Å². The number of nitrogens with one attached hydrogen (secondary N) is 1. The van der Waals surface area contributed by atoms with Crippen molar-refractivity contribution in [3.63, 3.8) is 0 Å². The monoisotopic (exact) mass is 341 g/mol. The van der Waals surface area contributed by atoms with Gasteiger partial charge >= 0.3 is 0 Å². The van der Waals surface area contributed by atoms with Crippen molar-refractivity contribution in [2.75, 3.05) is 6.54 Å². The quantitative estimate of drug-likeness (QED) is 0.800. The minimum atomic E-state index is -0.0915. The maximum Gasteiger partial charge on any atom is 0.127 e. The van der Waals surface area contributed by atoms with Gasteiger partial charge in [0.2, 0.25) is 0 Å². The van der Waals surface area contributed by atoms with Crippen molar-refractivity contribution in [1.82, 2.24) is 5.32 Å². The van der Waals surface area contributed by atoms with Crippen LogP contribution in [0, 0.1) is 17.7 Å². The van der Waals surface area contributed by atoms with Crippen LogP contribution in [0.25, 0.3) is 0 Å². The van der Waals surface area contributed by atoms with Gasteiger partial charge in [-0.3, -0.25) is 0 Å². The summed E-state index contributed by atoms with van der Waals surface area (Å²) in [6, 6.07) is 5.82. The summed E-state index contributed by atoms with van der Waals surface area (Å²) in [4.78, 5) is 0. The largest absolute Gasteiger partial charge is 0.314 e. The van der Waals surface area contributed by atoms with Crippen LogP contribution in [0.3, 0.4) is 0 Å². The Morgan fingerprint density at radius 2 is 2.20 bits per heavy atom. The summed E-state index contributed by atoms with van der Waals surface area (Å²) in [6.07, 6.45) is 6.01. The molecule has 20 heavy (non-hydrogen) atoms. The van der Waals surface area contributed by atoms with Gasteiger partial charge in [-0.05, 0) is 55.3 Å². The van der Waals surface area contributed by atoms with Crippen LogP contribution < -0.4 is 5.32 Å². The summed E-state index contributed by atoms with van der Waals surface area (Å²) in [5.74, 6) is 1.40. The lowest BCUT2D eigenvalue weighted by atomic mass is 9.77. The van der Waals surface area contributed by atoms with Crippen LogP contribution in [0.1, 0.15) is 45.1 Å². The minimum absolute atomic E-state index is 0.0915. The van der Waals surface area contributed by atoms with Crippen LogP contribution in [0.4, 0.5) is 4.39 Å². The third-order valence-corrected chi connectivity index (χ3v) is 4.96. The van der Waals surface area contributed by atoms with E-state index in [4.69, 9.17) is 0 Å². The maximum absolute atomic E-state index is 14.0. The molecule has 0 amide bonds. The fraction of sp³-hybridized carbons (Fsp3) is 0.647. The van der Waals surface area contributed by atoms with Crippen molar-refractivity contribution in [2.45, 2.75) is 52.0 Å². The second-order valence-corrected chi connectivity index (χ2v) is 7.05. The molecule has 1 aliphatic rings. The van der Waals surface area contributed by atoms with E-state index in [9.17, 15) is 4.39 Å². The van der Waals surface area contributed by atoms with Gasteiger partial charge in [-0.2, -0.15) is 0 Å². The smallest absolute Gasteiger partial charge is 0.127 e. The highest BCUT2D eigenvalue weighted by molar-refractivity contribution is 9.10. The lowest BCUT2D eigenvalue weighted by Gasteiger charge is -2.34. The van der Waals surface area contributed by atoms with Gasteiger partial charge in [-0.25, -0.2) is 4.39 Å². The summed E-state index contributed by atoms with van der Waals surface area (Å²) in [7, 11) is 0. The van der Waals surface area contributed by atoms with E-state index in [1.165, 1.54) is 25.7 Å². The molecule has 3 heteroatoms. The van der Waals surface area contributed by atoms with Crippen molar-refractivity contribution in [1.29, 1.82) is 0 Å². The molecule has 1 nitrogen and oxygen atoms in total. The summed E-state index contributed by atoms with van der Waals surface area (Å²) in [5, 5.41) is 3.58. The molecule has 3 unspecified atom stereocenters. The van der Waals surface area contributed by atoms with E-state index in [2.05, 4.69) is 35.1 Å². The Bertz CT molecular complexity index is 435. The molecule has 0 aromatic heterocycles. The van der Waals surface area contributed by atoms with Crippen LogP contribution in [-0.2, 0) is 6.42 Å². The van der Waals surface area contributed by atoms with E-state index < -0.39 is 0 Å². The van der Waals surface area contributed by atoms with Crippen molar-refractivity contribution in [3.8, 4) is 0 Å². The average molecular weight is 342 g/mol. The first-order valence-electron chi connectivity index (χ1n) is 7.77. The Morgan fingerprint density at radius 3 is 2.85 bits per heavy atom. The molecule has 0 bridgehead atoms. The molecule has 0 radical (unpaired) electrons. The van der Waals surface area contributed by atoms with Gasteiger partial charge in [0, 0.05) is 10.5 Å². The molecular formula is C17H25BrFN. The Kier molecular flexibility index (Phi) is 6.03. The van der Waals surface area contributed by atoms with Gasteiger partial charge in [0.25, 0.3) is 0 Å². The molecule has 1 aromatic rings. The SMILES string of the molecule is CCNC(Cc1ccc(Br)cc1F)C1CCCC(C)C1. The first kappa shape index (κ1) is 16.0. The first-order chi connectivity index (χ1) is 9.60. The Morgan fingerprint density at radius 1 is 1.40 bits per heavy atom. The number of rotatable bonds is 5. The molecule has 1 aromatic carbocycles. The highest BCUT2D eigenvalue weighted by Gasteiger charge is 2.26. The van der Waals surface area contributed by atoms with Gasteiger partial charge in [0.05, 0.1) is 0 Å². The fourth-order valence-corrected chi connectivity index (χ4v) is 3.77. The lowest BCUT2D eigenvalue weighted by Crippen LogP contribution is -2.40. The third kappa shape index (κ3) is 4.29. The molecule has 3 atom stereocenters. The zero-order chi connectivity index (χ0) is 14.5. The van der Waals surface area contributed by atoms with Gasteiger partial charge in [0.15, 0.2) is 0 Å².